The van der Waals surface area contributed by atoms with E-state index in [1.807, 2.05) is 0 Å². The predicted molar refractivity (Wildman–Crippen MR) is 68.3 cm³/mol. The molecule has 2 N–H and O–H groups in total. The molecule has 0 saturated carbocycles. The second-order valence-corrected chi connectivity index (χ2v) is 4.89. The number of benzene rings is 1. The summed E-state index contributed by atoms with van der Waals surface area (Å²) in [6, 6.07) is 2.84. The van der Waals surface area contributed by atoms with Crippen molar-refractivity contribution in [1.29, 1.82) is 0 Å². The maximum atomic E-state index is 13.6. The van der Waals surface area contributed by atoms with Crippen molar-refractivity contribution in [1.82, 2.24) is 4.90 Å². The Labute approximate surface area is 111 Å². The average molecular weight is 268 g/mol. The Morgan fingerprint density at radius 3 is 2.58 bits per heavy atom. The largest absolute Gasteiger partial charge is 0.341 e. The lowest BCUT2D eigenvalue weighted by Gasteiger charge is -2.25. The van der Waals surface area contributed by atoms with Crippen LogP contribution in [0.5, 0.6) is 0 Å². The topological polar surface area (TPSA) is 46.3 Å². The number of hydrogen-bond acceptors (Lipinski definition) is 2. The molecule has 1 fully saturated rings. The molecule has 3 nitrogen and oxygen atoms in total. The summed E-state index contributed by atoms with van der Waals surface area (Å²) in [6.45, 7) is 0.777. The summed E-state index contributed by atoms with van der Waals surface area (Å²) in [5.41, 5.74) is 5.73. The molecule has 104 valence electrons. The van der Waals surface area contributed by atoms with E-state index < -0.39 is 17.7 Å². The first-order chi connectivity index (χ1) is 9.09. The molecule has 1 aromatic carbocycles. The van der Waals surface area contributed by atoms with E-state index in [1.54, 1.807) is 4.90 Å². The zero-order valence-corrected chi connectivity index (χ0v) is 10.7. The summed E-state index contributed by atoms with van der Waals surface area (Å²) in [4.78, 5) is 13.4. The summed E-state index contributed by atoms with van der Waals surface area (Å²) in [7, 11) is 0. The van der Waals surface area contributed by atoms with Gasteiger partial charge in [0.15, 0.2) is 0 Å². The van der Waals surface area contributed by atoms with Crippen LogP contribution < -0.4 is 5.73 Å². The number of halogens is 2. The van der Waals surface area contributed by atoms with E-state index in [1.165, 1.54) is 18.2 Å². The predicted octanol–water partition coefficient (Wildman–Crippen LogP) is 2.37. The van der Waals surface area contributed by atoms with Gasteiger partial charge in [-0.3, -0.25) is 4.79 Å². The molecule has 1 atom stereocenters. The third kappa shape index (κ3) is 3.29. The molecular weight excluding hydrogens is 250 g/mol. The van der Waals surface area contributed by atoms with Gasteiger partial charge in [-0.1, -0.05) is 12.5 Å². The third-order valence-electron chi connectivity index (χ3n) is 3.46. The zero-order chi connectivity index (χ0) is 13.8. The highest BCUT2D eigenvalue weighted by Crippen LogP contribution is 2.21. The summed E-state index contributed by atoms with van der Waals surface area (Å²) in [5, 5.41) is 0. The molecule has 1 amide bonds. The van der Waals surface area contributed by atoms with Gasteiger partial charge >= 0.3 is 0 Å². The first-order valence-electron chi connectivity index (χ1n) is 6.57. The van der Waals surface area contributed by atoms with Crippen molar-refractivity contribution < 1.29 is 13.6 Å². The summed E-state index contributed by atoms with van der Waals surface area (Å²) in [6.07, 6.45) is 3.29. The molecule has 1 aliphatic rings. The van der Waals surface area contributed by atoms with Crippen LogP contribution in [-0.2, 0) is 4.79 Å². The van der Waals surface area contributed by atoms with Crippen LogP contribution in [0.2, 0.25) is 0 Å². The van der Waals surface area contributed by atoms with Crippen molar-refractivity contribution in [3.63, 3.8) is 0 Å². The van der Waals surface area contributed by atoms with Crippen LogP contribution in [0.1, 0.15) is 37.3 Å². The van der Waals surface area contributed by atoms with Gasteiger partial charge < -0.3 is 10.6 Å². The lowest BCUT2D eigenvalue weighted by molar-refractivity contribution is -0.130. The second-order valence-electron chi connectivity index (χ2n) is 4.89. The SMILES string of the molecule is NC(CN1CCCCCC1=O)c1c(F)cccc1F. The molecule has 1 unspecified atom stereocenters. The van der Waals surface area contributed by atoms with Crippen molar-refractivity contribution in [2.45, 2.75) is 31.7 Å². The third-order valence-corrected chi connectivity index (χ3v) is 3.46. The van der Waals surface area contributed by atoms with Gasteiger partial charge in [0.2, 0.25) is 5.91 Å². The maximum Gasteiger partial charge on any atom is 0.222 e. The molecule has 0 aliphatic carbocycles. The van der Waals surface area contributed by atoms with Crippen LogP contribution in [0.15, 0.2) is 18.2 Å². The molecule has 1 saturated heterocycles. The van der Waals surface area contributed by atoms with E-state index in [2.05, 4.69) is 0 Å². The van der Waals surface area contributed by atoms with E-state index in [0.29, 0.717) is 13.0 Å². The van der Waals surface area contributed by atoms with Gasteiger partial charge in [0, 0.05) is 25.1 Å². The first-order valence-corrected chi connectivity index (χ1v) is 6.57. The average Bonchev–Trinajstić information content (AvgIpc) is 2.55. The second kappa shape index (κ2) is 6.10. The van der Waals surface area contributed by atoms with Crippen LogP contribution in [0.25, 0.3) is 0 Å². The summed E-state index contributed by atoms with van der Waals surface area (Å²) >= 11 is 0. The number of carbonyl (C=O) groups excluding carboxylic acids is 1. The van der Waals surface area contributed by atoms with E-state index in [9.17, 15) is 13.6 Å². The molecule has 19 heavy (non-hydrogen) atoms. The molecule has 1 aromatic rings. The van der Waals surface area contributed by atoms with Crippen LogP contribution in [0.4, 0.5) is 8.78 Å². The fraction of sp³-hybridized carbons (Fsp3) is 0.500. The summed E-state index contributed by atoms with van der Waals surface area (Å²) in [5.74, 6) is -1.30. The fourth-order valence-electron chi connectivity index (χ4n) is 2.43. The minimum atomic E-state index is -0.830. The van der Waals surface area contributed by atoms with Gasteiger partial charge in [-0.15, -0.1) is 0 Å². The minimum Gasteiger partial charge on any atom is -0.341 e. The van der Waals surface area contributed by atoms with Crippen LogP contribution in [0.3, 0.4) is 0 Å². The van der Waals surface area contributed by atoms with Crippen molar-refractivity contribution in [3.05, 3.63) is 35.4 Å². The highest BCUT2D eigenvalue weighted by atomic mass is 19.1. The maximum absolute atomic E-state index is 13.6. The minimum absolute atomic E-state index is 0.0182. The zero-order valence-electron chi connectivity index (χ0n) is 10.7. The van der Waals surface area contributed by atoms with Gasteiger partial charge in [0.25, 0.3) is 0 Å². The fourth-order valence-corrected chi connectivity index (χ4v) is 2.43. The Hall–Kier alpha value is -1.49. The Balaban J connectivity index is 2.11. The quantitative estimate of drug-likeness (QED) is 0.914. The molecule has 2 rings (SSSR count). The highest BCUT2D eigenvalue weighted by Gasteiger charge is 2.23. The first kappa shape index (κ1) is 13.9. The van der Waals surface area contributed by atoms with Gasteiger partial charge in [-0.25, -0.2) is 8.78 Å². The van der Waals surface area contributed by atoms with E-state index in [4.69, 9.17) is 5.73 Å². The molecular formula is C14H18F2N2O. The number of nitrogens with zero attached hydrogens (tertiary/aromatic N) is 1. The van der Waals surface area contributed by atoms with E-state index in [-0.39, 0.29) is 18.0 Å². The summed E-state index contributed by atoms with van der Waals surface area (Å²) < 4.78 is 27.2. The molecule has 1 aliphatic heterocycles. The van der Waals surface area contributed by atoms with Crippen molar-refractivity contribution in [2.24, 2.45) is 5.73 Å². The standard InChI is InChI=1S/C14H18F2N2O/c15-10-5-4-6-11(16)14(10)12(17)9-18-8-3-1-2-7-13(18)19/h4-6,12H,1-3,7-9,17H2. The van der Waals surface area contributed by atoms with E-state index >= 15 is 0 Å². The highest BCUT2D eigenvalue weighted by molar-refractivity contribution is 5.76. The lowest BCUT2D eigenvalue weighted by atomic mass is 10.1. The van der Waals surface area contributed by atoms with Crippen molar-refractivity contribution >= 4 is 5.91 Å². The monoisotopic (exact) mass is 268 g/mol. The number of amides is 1. The molecule has 5 heteroatoms. The van der Waals surface area contributed by atoms with Crippen LogP contribution >= 0.6 is 0 Å². The Morgan fingerprint density at radius 2 is 1.89 bits per heavy atom. The van der Waals surface area contributed by atoms with Gasteiger partial charge in [0.05, 0.1) is 6.04 Å². The number of carbonyl (C=O) groups is 1. The van der Waals surface area contributed by atoms with Gasteiger partial charge in [0.1, 0.15) is 11.6 Å². The number of nitrogens with two attached hydrogens (primary N) is 1. The van der Waals surface area contributed by atoms with Crippen LogP contribution in [0, 0.1) is 11.6 Å². The number of rotatable bonds is 3. The number of hydrogen-bond donors (Lipinski definition) is 1. The molecule has 0 spiro atoms. The molecule has 0 bridgehead atoms. The van der Waals surface area contributed by atoms with Crippen molar-refractivity contribution in [3.8, 4) is 0 Å². The Bertz CT molecular complexity index is 445. The van der Waals surface area contributed by atoms with Gasteiger partial charge in [-0.2, -0.15) is 0 Å². The molecule has 0 radical (unpaired) electrons. The molecule has 0 aromatic heterocycles. The smallest absolute Gasteiger partial charge is 0.222 e. The Morgan fingerprint density at radius 1 is 1.21 bits per heavy atom. The van der Waals surface area contributed by atoms with Gasteiger partial charge in [-0.05, 0) is 25.0 Å². The lowest BCUT2D eigenvalue weighted by Crippen LogP contribution is -2.37. The number of likely N-dealkylation sites (tertiary alicyclic amines) is 1. The Kier molecular flexibility index (Phi) is 4.47. The van der Waals surface area contributed by atoms with Crippen molar-refractivity contribution in [2.75, 3.05) is 13.1 Å². The normalized spacial score (nSPS) is 18.3. The van der Waals surface area contributed by atoms with Crippen LogP contribution in [-0.4, -0.2) is 23.9 Å². The van der Waals surface area contributed by atoms with E-state index in [0.717, 1.165) is 19.3 Å². The molecule has 1 heterocycles.